The van der Waals surface area contributed by atoms with Gasteiger partial charge in [-0.05, 0) is 36.8 Å². The Morgan fingerprint density at radius 2 is 1.91 bits per heavy atom. The van der Waals surface area contributed by atoms with Crippen molar-refractivity contribution in [3.63, 3.8) is 0 Å². The minimum Gasteiger partial charge on any atom is -0.394 e. The van der Waals surface area contributed by atoms with Crippen LogP contribution in [0.2, 0.25) is 5.02 Å². The second-order valence-corrected chi connectivity index (χ2v) is 8.64. The standard InChI is InChI=1S/C23H23ClFN7OS/c1-14-10-15(25)2-3-16(14)21-22(17-4-5-28-11-18(17)24)30-20(12-29-21)31-6-8-32(9-7-31)23(33)19(26)13-34-27/h2-5,10-13H,6-9,26-27H2,1H3/b19-13-. The molecule has 3 heterocycles. The van der Waals surface area contributed by atoms with Crippen LogP contribution < -0.4 is 15.8 Å². The van der Waals surface area contributed by atoms with Gasteiger partial charge in [-0.25, -0.2) is 9.37 Å². The summed E-state index contributed by atoms with van der Waals surface area (Å²) < 4.78 is 13.7. The van der Waals surface area contributed by atoms with Gasteiger partial charge in [0.1, 0.15) is 23.0 Å². The van der Waals surface area contributed by atoms with E-state index in [1.807, 2.05) is 11.8 Å². The summed E-state index contributed by atoms with van der Waals surface area (Å²) >= 11 is 7.36. The van der Waals surface area contributed by atoms with Crippen LogP contribution in [0.1, 0.15) is 5.56 Å². The van der Waals surface area contributed by atoms with E-state index in [-0.39, 0.29) is 17.4 Å². The number of nitrogens with zero attached hydrogens (tertiary/aromatic N) is 5. The maximum Gasteiger partial charge on any atom is 0.270 e. The van der Waals surface area contributed by atoms with Gasteiger partial charge in [0.25, 0.3) is 5.91 Å². The van der Waals surface area contributed by atoms with E-state index in [1.54, 1.807) is 35.6 Å². The fourth-order valence-electron chi connectivity index (χ4n) is 3.82. The molecular weight excluding hydrogens is 477 g/mol. The smallest absolute Gasteiger partial charge is 0.270 e. The molecule has 1 aliphatic rings. The van der Waals surface area contributed by atoms with Gasteiger partial charge in [0.15, 0.2) is 0 Å². The lowest BCUT2D eigenvalue weighted by Crippen LogP contribution is -2.50. The first kappa shape index (κ1) is 23.9. The Hall–Kier alpha value is -3.21. The van der Waals surface area contributed by atoms with Gasteiger partial charge < -0.3 is 15.5 Å². The highest BCUT2D eigenvalue weighted by molar-refractivity contribution is 8.00. The zero-order chi connectivity index (χ0) is 24.2. The second kappa shape index (κ2) is 10.4. The summed E-state index contributed by atoms with van der Waals surface area (Å²) in [4.78, 5) is 29.8. The molecule has 1 amide bonds. The van der Waals surface area contributed by atoms with Gasteiger partial charge in [0.2, 0.25) is 0 Å². The first-order valence-corrected chi connectivity index (χ1v) is 11.8. The Bertz CT molecular complexity index is 1250. The van der Waals surface area contributed by atoms with Crippen molar-refractivity contribution in [1.29, 1.82) is 0 Å². The Morgan fingerprint density at radius 1 is 1.15 bits per heavy atom. The molecule has 0 radical (unpaired) electrons. The number of rotatable bonds is 5. The van der Waals surface area contributed by atoms with Crippen LogP contribution in [0.3, 0.4) is 0 Å². The number of aromatic nitrogens is 3. The molecule has 1 fully saturated rings. The summed E-state index contributed by atoms with van der Waals surface area (Å²) in [5.74, 6) is 0.0943. The van der Waals surface area contributed by atoms with Crippen molar-refractivity contribution in [2.24, 2.45) is 10.9 Å². The number of hydrogen-bond donors (Lipinski definition) is 2. The predicted octanol–water partition coefficient (Wildman–Crippen LogP) is 3.36. The molecule has 8 nitrogen and oxygen atoms in total. The van der Waals surface area contributed by atoms with Crippen molar-refractivity contribution in [2.75, 3.05) is 31.1 Å². The molecule has 0 saturated carbocycles. The zero-order valence-corrected chi connectivity index (χ0v) is 20.0. The molecule has 34 heavy (non-hydrogen) atoms. The molecule has 0 spiro atoms. The predicted molar refractivity (Wildman–Crippen MR) is 133 cm³/mol. The van der Waals surface area contributed by atoms with Gasteiger partial charge >= 0.3 is 0 Å². The van der Waals surface area contributed by atoms with Gasteiger partial charge in [-0.2, -0.15) is 0 Å². The number of piperazine rings is 1. The highest BCUT2D eigenvalue weighted by atomic mass is 35.5. The number of hydrogen-bond acceptors (Lipinski definition) is 8. The summed E-state index contributed by atoms with van der Waals surface area (Å²) in [6, 6.07) is 6.33. The number of carbonyl (C=O) groups is 1. The van der Waals surface area contributed by atoms with Crippen LogP contribution in [0.5, 0.6) is 0 Å². The summed E-state index contributed by atoms with van der Waals surface area (Å²) in [7, 11) is 0. The minimum atomic E-state index is -0.317. The number of aryl methyl sites for hydroxylation is 1. The van der Waals surface area contributed by atoms with E-state index >= 15 is 0 Å². The number of halogens is 2. The molecule has 0 aliphatic carbocycles. The van der Waals surface area contributed by atoms with Crippen LogP contribution in [0.15, 0.2) is 54.0 Å². The Labute approximate surface area is 206 Å². The molecule has 3 aromatic rings. The molecule has 1 aromatic carbocycles. The summed E-state index contributed by atoms with van der Waals surface area (Å²) in [5.41, 5.74) is 9.26. The lowest BCUT2D eigenvalue weighted by Gasteiger charge is -2.35. The normalized spacial score (nSPS) is 14.4. The molecule has 11 heteroatoms. The van der Waals surface area contributed by atoms with Gasteiger partial charge in [-0.3, -0.25) is 19.9 Å². The van der Waals surface area contributed by atoms with Crippen LogP contribution >= 0.6 is 23.5 Å². The number of nitrogens with two attached hydrogens (primary N) is 2. The molecule has 2 aromatic heterocycles. The number of carbonyl (C=O) groups excluding carboxylic acids is 1. The lowest BCUT2D eigenvalue weighted by atomic mass is 10.0. The molecule has 0 bridgehead atoms. The summed E-state index contributed by atoms with van der Waals surface area (Å²) in [5, 5.41) is 7.24. The van der Waals surface area contributed by atoms with Gasteiger partial charge in [-0.1, -0.05) is 23.5 Å². The molecule has 0 unspecified atom stereocenters. The van der Waals surface area contributed by atoms with Crippen molar-refractivity contribution < 1.29 is 9.18 Å². The first-order chi connectivity index (χ1) is 16.4. The summed E-state index contributed by atoms with van der Waals surface area (Å²) in [6.45, 7) is 3.90. The SMILES string of the molecule is Cc1cc(F)ccc1-c1ncc(N2CCN(C(=O)/C(N)=C/SN)CC2)nc1-c1ccncc1Cl. The van der Waals surface area contributed by atoms with E-state index in [9.17, 15) is 9.18 Å². The highest BCUT2D eigenvalue weighted by Crippen LogP contribution is 2.35. The average Bonchev–Trinajstić information content (AvgIpc) is 2.84. The van der Waals surface area contributed by atoms with E-state index < -0.39 is 0 Å². The molecule has 4 rings (SSSR count). The van der Waals surface area contributed by atoms with E-state index in [4.69, 9.17) is 32.4 Å². The second-order valence-electron chi connectivity index (χ2n) is 7.73. The van der Waals surface area contributed by atoms with E-state index in [0.29, 0.717) is 54.0 Å². The average molecular weight is 500 g/mol. The van der Waals surface area contributed by atoms with E-state index in [2.05, 4.69) is 4.98 Å². The first-order valence-electron chi connectivity index (χ1n) is 10.5. The summed E-state index contributed by atoms with van der Waals surface area (Å²) in [6.07, 6.45) is 4.88. The maximum absolute atomic E-state index is 13.7. The third kappa shape index (κ3) is 4.98. The monoisotopic (exact) mass is 499 g/mol. The van der Waals surface area contributed by atoms with E-state index in [1.165, 1.54) is 17.5 Å². The molecular formula is C23H23ClFN7OS. The van der Waals surface area contributed by atoms with Crippen molar-refractivity contribution in [3.05, 3.63) is 70.4 Å². The molecule has 0 atom stereocenters. The van der Waals surface area contributed by atoms with Crippen molar-refractivity contribution in [1.82, 2.24) is 19.9 Å². The third-order valence-electron chi connectivity index (χ3n) is 5.56. The van der Waals surface area contributed by atoms with Crippen molar-refractivity contribution >= 4 is 35.3 Å². The number of amides is 1. The van der Waals surface area contributed by atoms with E-state index in [0.717, 1.165) is 23.1 Å². The molecule has 1 aliphatic heterocycles. The number of pyridine rings is 1. The van der Waals surface area contributed by atoms with Crippen LogP contribution in [0, 0.1) is 12.7 Å². The fraction of sp³-hybridized carbons (Fsp3) is 0.217. The maximum atomic E-state index is 13.7. The van der Waals surface area contributed by atoms with Crippen LogP contribution in [0.25, 0.3) is 22.5 Å². The van der Waals surface area contributed by atoms with Crippen LogP contribution in [0.4, 0.5) is 10.2 Å². The highest BCUT2D eigenvalue weighted by Gasteiger charge is 2.25. The lowest BCUT2D eigenvalue weighted by molar-refractivity contribution is -0.127. The van der Waals surface area contributed by atoms with Gasteiger partial charge in [0, 0.05) is 55.1 Å². The van der Waals surface area contributed by atoms with Crippen LogP contribution in [-0.2, 0) is 4.79 Å². The Morgan fingerprint density at radius 3 is 2.59 bits per heavy atom. The van der Waals surface area contributed by atoms with Crippen molar-refractivity contribution in [3.8, 4) is 22.5 Å². The van der Waals surface area contributed by atoms with Gasteiger partial charge in [0.05, 0.1) is 16.9 Å². The van der Waals surface area contributed by atoms with Gasteiger partial charge in [-0.15, -0.1) is 0 Å². The Balaban J connectivity index is 1.67. The molecule has 176 valence electrons. The minimum absolute atomic E-state index is 0.120. The zero-order valence-electron chi connectivity index (χ0n) is 18.4. The number of benzene rings is 1. The fourth-order valence-corrected chi connectivity index (χ4v) is 4.28. The third-order valence-corrected chi connectivity index (χ3v) is 6.25. The molecule has 1 saturated heterocycles. The van der Waals surface area contributed by atoms with Crippen molar-refractivity contribution in [2.45, 2.75) is 6.92 Å². The quantitative estimate of drug-likeness (QED) is 0.405. The topological polar surface area (TPSA) is 114 Å². The van der Waals surface area contributed by atoms with Crippen LogP contribution in [-0.4, -0.2) is 51.9 Å². The Kier molecular flexibility index (Phi) is 7.30. The number of anilines is 1. The largest absolute Gasteiger partial charge is 0.394 e. The molecule has 4 N–H and O–H groups in total.